The van der Waals surface area contributed by atoms with Gasteiger partial charge in [-0.15, -0.1) is 0 Å². The van der Waals surface area contributed by atoms with Crippen LogP contribution in [0.5, 0.6) is 5.75 Å². The third kappa shape index (κ3) is 1.61. The zero-order valence-electron chi connectivity index (χ0n) is 8.87. The van der Waals surface area contributed by atoms with Crippen molar-refractivity contribution in [1.29, 1.82) is 0 Å². The Bertz CT molecular complexity index is 347. The molecule has 1 saturated carbocycles. The highest BCUT2D eigenvalue weighted by atomic mass is 19.1. The fourth-order valence-electron chi connectivity index (χ4n) is 2.37. The molecule has 0 saturated heterocycles. The van der Waals surface area contributed by atoms with Gasteiger partial charge in [-0.3, -0.25) is 0 Å². The molecule has 15 heavy (non-hydrogen) atoms. The van der Waals surface area contributed by atoms with Crippen LogP contribution in [-0.4, -0.2) is 19.8 Å². The minimum atomic E-state index is -0.710. The van der Waals surface area contributed by atoms with Gasteiger partial charge < -0.3 is 10.5 Å². The molecule has 0 radical (unpaired) electrons. The fraction of sp³-hybridized carbons (Fsp3) is 0.500. The molecule has 0 unspecified atom stereocenters. The molecule has 1 aliphatic rings. The molecule has 2 N–H and O–H groups in total. The first kappa shape index (κ1) is 10.4. The highest BCUT2D eigenvalue weighted by molar-refractivity contribution is 5.42. The first-order valence-electron chi connectivity index (χ1n) is 5.19. The molecular weight excluding hydrogens is 193 g/mol. The van der Waals surface area contributed by atoms with Crippen LogP contribution in [0, 0.1) is 0 Å². The van der Waals surface area contributed by atoms with E-state index in [1.165, 1.54) is 0 Å². The topological polar surface area (TPSA) is 35.2 Å². The molecule has 1 aromatic rings. The number of ether oxygens (including phenoxy) is 1. The van der Waals surface area contributed by atoms with E-state index in [-0.39, 0.29) is 5.41 Å². The largest absolute Gasteiger partial charge is 0.496 e. The summed E-state index contributed by atoms with van der Waals surface area (Å²) >= 11 is 0. The van der Waals surface area contributed by atoms with Crippen molar-refractivity contribution in [3.8, 4) is 5.75 Å². The monoisotopic (exact) mass is 209 g/mol. The Hall–Kier alpha value is -1.09. The number of para-hydroxylation sites is 1. The molecule has 3 heteroatoms. The van der Waals surface area contributed by atoms with Crippen molar-refractivity contribution in [2.24, 2.45) is 5.73 Å². The van der Waals surface area contributed by atoms with Crippen molar-refractivity contribution in [2.45, 2.75) is 24.4 Å². The van der Waals surface area contributed by atoms with Crippen LogP contribution in [0.1, 0.15) is 18.4 Å². The van der Waals surface area contributed by atoms with E-state index < -0.39 is 6.17 Å². The van der Waals surface area contributed by atoms with Gasteiger partial charge in [0.25, 0.3) is 0 Å². The Morgan fingerprint density at radius 2 is 2.13 bits per heavy atom. The number of nitrogens with two attached hydrogens (primary N) is 1. The number of methoxy groups -OCH3 is 1. The minimum absolute atomic E-state index is 0.202. The predicted octanol–water partition coefficient (Wildman–Crippen LogP) is 2.02. The molecule has 0 bridgehead atoms. The van der Waals surface area contributed by atoms with E-state index in [1.807, 2.05) is 24.3 Å². The van der Waals surface area contributed by atoms with E-state index in [2.05, 4.69) is 0 Å². The van der Waals surface area contributed by atoms with Crippen LogP contribution in [0.2, 0.25) is 0 Å². The third-order valence-electron chi connectivity index (χ3n) is 3.29. The summed E-state index contributed by atoms with van der Waals surface area (Å²) in [4.78, 5) is 0. The van der Waals surface area contributed by atoms with Crippen molar-refractivity contribution in [3.63, 3.8) is 0 Å². The molecule has 0 atom stereocenters. The van der Waals surface area contributed by atoms with Gasteiger partial charge in [-0.05, 0) is 18.9 Å². The second-order valence-electron chi connectivity index (χ2n) is 4.19. The molecule has 0 heterocycles. The Morgan fingerprint density at radius 3 is 2.67 bits per heavy atom. The van der Waals surface area contributed by atoms with E-state index in [0.29, 0.717) is 19.4 Å². The van der Waals surface area contributed by atoms with Gasteiger partial charge in [0.1, 0.15) is 11.9 Å². The normalized spacial score (nSPS) is 29.7. The first-order valence-corrected chi connectivity index (χ1v) is 5.19. The van der Waals surface area contributed by atoms with E-state index in [1.54, 1.807) is 7.11 Å². The number of rotatable bonds is 3. The molecule has 0 aliphatic heterocycles. The zero-order valence-corrected chi connectivity index (χ0v) is 8.87. The molecule has 1 aromatic carbocycles. The number of hydrogen-bond acceptors (Lipinski definition) is 2. The second kappa shape index (κ2) is 3.81. The van der Waals surface area contributed by atoms with Crippen LogP contribution in [0.3, 0.4) is 0 Å². The lowest BCUT2D eigenvalue weighted by atomic mass is 9.63. The molecule has 2 nitrogen and oxygen atoms in total. The van der Waals surface area contributed by atoms with Gasteiger partial charge in [0.15, 0.2) is 0 Å². The zero-order chi connectivity index (χ0) is 10.9. The maximum absolute atomic E-state index is 13.0. The lowest BCUT2D eigenvalue weighted by Gasteiger charge is -2.44. The van der Waals surface area contributed by atoms with Gasteiger partial charge in [0.2, 0.25) is 0 Å². The standard InChI is InChI=1S/C12H16FNO/c1-15-11-5-3-2-4-10(11)12(8-14)6-9(13)7-12/h2-5,9H,6-8,14H2,1H3. The number of halogens is 1. The van der Waals surface area contributed by atoms with Crippen molar-refractivity contribution >= 4 is 0 Å². The Morgan fingerprint density at radius 1 is 1.47 bits per heavy atom. The fourth-order valence-corrected chi connectivity index (χ4v) is 2.37. The lowest BCUT2D eigenvalue weighted by molar-refractivity contribution is 0.0975. The van der Waals surface area contributed by atoms with Crippen LogP contribution >= 0.6 is 0 Å². The van der Waals surface area contributed by atoms with E-state index in [0.717, 1.165) is 11.3 Å². The van der Waals surface area contributed by atoms with Crippen LogP contribution in [-0.2, 0) is 5.41 Å². The maximum Gasteiger partial charge on any atom is 0.122 e. The van der Waals surface area contributed by atoms with Gasteiger partial charge in [0.05, 0.1) is 7.11 Å². The summed E-state index contributed by atoms with van der Waals surface area (Å²) < 4.78 is 18.3. The third-order valence-corrected chi connectivity index (χ3v) is 3.29. The number of hydrogen-bond donors (Lipinski definition) is 1. The number of alkyl halides is 1. The molecule has 0 aromatic heterocycles. The lowest BCUT2D eigenvalue weighted by Crippen LogP contribution is -2.48. The molecule has 1 aliphatic carbocycles. The van der Waals surface area contributed by atoms with E-state index >= 15 is 0 Å². The summed E-state index contributed by atoms with van der Waals surface area (Å²) in [6.07, 6.45) is 0.326. The maximum atomic E-state index is 13.0. The SMILES string of the molecule is COc1ccccc1C1(CN)CC(F)C1. The molecule has 0 amide bonds. The second-order valence-corrected chi connectivity index (χ2v) is 4.19. The van der Waals surface area contributed by atoms with Gasteiger partial charge in [-0.2, -0.15) is 0 Å². The predicted molar refractivity (Wildman–Crippen MR) is 57.9 cm³/mol. The van der Waals surface area contributed by atoms with Crippen LogP contribution < -0.4 is 10.5 Å². The van der Waals surface area contributed by atoms with Gasteiger partial charge in [0, 0.05) is 17.5 Å². The molecule has 1 fully saturated rings. The van der Waals surface area contributed by atoms with Crippen LogP contribution in [0.15, 0.2) is 24.3 Å². The van der Waals surface area contributed by atoms with Gasteiger partial charge >= 0.3 is 0 Å². The van der Waals surface area contributed by atoms with Crippen LogP contribution in [0.25, 0.3) is 0 Å². The van der Waals surface area contributed by atoms with Crippen molar-refractivity contribution < 1.29 is 9.13 Å². The highest BCUT2D eigenvalue weighted by Crippen LogP contribution is 2.47. The summed E-state index contributed by atoms with van der Waals surface area (Å²) in [5.74, 6) is 0.815. The number of benzene rings is 1. The summed E-state index contributed by atoms with van der Waals surface area (Å²) in [6, 6.07) is 7.74. The molecule has 2 rings (SSSR count). The minimum Gasteiger partial charge on any atom is -0.496 e. The molecule has 0 spiro atoms. The van der Waals surface area contributed by atoms with Gasteiger partial charge in [-0.25, -0.2) is 4.39 Å². The average Bonchev–Trinajstić information content (AvgIpc) is 2.24. The Balaban J connectivity index is 2.35. The van der Waals surface area contributed by atoms with Gasteiger partial charge in [-0.1, -0.05) is 18.2 Å². The van der Waals surface area contributed by atoms with Crippen molar-refractivity contribution in [2.75, 3.05) is 13.7 Å². The Kier molecular flexibility index (Phi) is 2.65. The smallest absolute Gasteiger partial charge is 0.122 e. The highest BCUT2D eigenvalue weighted by Gasteiger charge is 2.46. The van der Waals surface area contributed by atoms with Crippen molar-refractivity contribution in [1.82, 2.24) is 0 Å². The van der Waals surface area contributed by atoms with E-state index in [9.17, 15) is 4.39 Å². The van der Waals surface area contributed by atoms with E-state index in [4.69, 9.17) is 10.5 Å². The summed E-state index contributed by atoms with van der Waals surface area (Å²) in [5.41, 5.74) is 6.61. The Labute approximate surface area is 89.2 Å². The summed E-state index contributed by atoms with van der Waals surface area (Å²) in [5, 5.41) is 0. The van der Waals surface area contributed by atoms with Crippen molar-refractivity contribution in [3.05, 3.63) is 29.8 Å². The van der Waals surface area contributed by atoms with Crippen LogP contribution in [0.4, 0.5) is 4.39 Å². The first-order chi connectivity index (χ1) is 7.22. The molecule has 82 valence electrons. The quantitative estimate of drug-likeness (QED) is 0.826. The average molecular weight is 209 g/mol. The molecular formula is C12H16FNO. The summed E-state index contributed by atoms with van der Waals surface area (Å²) in [7, 11) is 1.63. The summed E-state index contributed by atoms with van der Waals surface area (Å²) in [6.45, 7) is 0.480.